The molecule has 6 rings (SSSR count). The van der Waals surface area contributed by atoms with E-state index in [1.807, 2.05) is 92.7 Å². The number of amides is 2. The molecule has 1 aliphatic heterocycles. The van der Waals surface area contributed by atoms with Gasteiger partial charge in [0.25, 0.3) is 0 Å². The van der Waals surface area contributed by atoms with Gasteiger partial charge in [0.15, 0.2) is 5.84 Å². The number of amidine groups is 1. The zero-order chi connectivity index (χ0) is 30.5. The molecule has 0 fully saturated rings. The summed E-state index contributed by atoms with van der Waals surface area (Å²) in [4.78, 5) is 26.6. The summed E-state index contributed by atoms with van der Waals surface area (Å²) >= 11 is 0. The van der Waals surface area contributed by atoms with Crippen LogP contribution in [-0.4, -0.2) is 17.8 Å². The van der Waals surface area contributed by atoms with Crippen molar-refractivity contribution in [2.75, 3.05) is 10.0 Å². The maximum Gasteiger partial charge on any atom is 0.370 e. The van der Waals surface area contributed by atoms with Crippen molar-refractivity contribution < 1.29 is 19.1 Å². The monoisotopic (exact) mass is 581 g/mol. The molecule has 0 atom stereocenters. The molecular weight excluding hydrogens is 552 g/mol. The predicted octanol–water partition coefficient (Wildman–Crippen LogP) is 7.43. The smallest absolute Gasteiger partial charge is 0.370 e. The van der Waals surface area contributed by atoms with Crippen molar-refractivity contribution in [1.29, 1.82) is 0 Å². The summed E-state index contributed by atoms with van der Waals surface area (Å²) in [6.07, 6.45) is 0. The van der Waals surface area contributed by atoms with Crippen molar-refractivity contribution in [2.24, 2.45) is 5.10 Å². The van der Waals surface area contributed by atoms with Crippen molar-refractivity contribution >= 4 is 29.2 Å². The van der Waals surface area contributed by atoms with Crippen LogP contribution in [0.5, 0.6) is 11.5 Å². The van der Waals surface area contributed by atoms with Crippen LogP contribution < -0.4 is 24.9 Å². The van der Waals surface area contributed by atoms with Crippen LogP contribution in [0.2, 0.25) is 0 Å². The standard InChI is InChI=1S/C36H29N4O4/c1-25-21-26(2)23-33(22-25)44-35(41)29-13-15-30(16-14-29)39-36(42)40(38-34(37-39)28-11-7-4-8-12-28)31-17-19-32(20-18-31)43-24-27-9-5-3-6-10-27/h3-23H,24H2,1-2H3. The quantitative estimate of drug-likeness (QED) is 0.141. The van der Waals surface area contributed by atoms with Crippen molar-refractivity contribution in [1.82, 2.24) is 5.43 Å². The van der Waals surface area contributed by atoms with Gasteiger partial charge in [-0.1, -0.05) is 66.7 Å². The Bertz CT molecular complexity index is 1790. The lowest BCUT2D eigenvalue weighted by molar-refractivity contribution is 0.0734. The first-order valence-electron chi connectivity index (χ1n) is 14.1. The molecule has 1 radical (unpaired) electrons. The van der Waals surface area contributed by atoms with Crippen LogP contribution in [0.15, 0.2) is 132 Å². The molecule has 0 aromatic heterocycles. The molecule has 0 aliphatic carbocycles. The Morgan fingerprint density at radius 3 is 1.93 bits per heavy atom. The second-order valence-corrected chi connectivity index (χ2v) is 10.3. The molecule has 1 aliphatic rings. The number of esters is 1. The number of ether oxygens (including phenoxy) is 2. The third-order valence-electron chi connectivity index (χ3n) is 6.87. The normalized spacial score (nSPS) is 12.8. The Morgan fingerprint density at radius 1 is 0.682 bits per heavy atom. The molecule has 0 unspecified atom stereocenters. The molecular formula is C36H29N4O4. The van der Waals surface area contributed by atoms with Crippen molar-refractivity contribution in [3.63, 3.8) is 0 Å². The zero-order valence-corrected chi connectivity index (χ0v) is 24.3. The lowest BCUT2D eigenvalue weighted by Crippen LogP contribution is -2.52. The first kappa shape index (κ1) is 28.2. The van der Waals surface area contributed by atoms with Crippen molar-refractivity contribution in [3.8, 4) is 11.5 Å². The Hall–Kier alpha value is -5.89. The Balaban J connectivity index is 1.23. The summed E-state index contributed by atoms with van der Waals surface area (Å²) in [7, 11) is 0. The number of rotatable bonds is 8. The summed E-state index contributed by atoms with van der Waals surface area (Å²) in [5.41, 5.74) is 9.73. The highest BCUT2D eigenvalue weighted by Gasteiger charge is 2.32. The van der Waals surface area contributed by atoms with E-state index in [1.54, 1.807) is 48.5 Å². The SMILES string of the molecule is Cc1cc(C)cc(OC(=O)c2ccc(N3[N]C(c4ccccc4)=NN(c4ccc(OCc5ccccc5)cc4)C3=O)cc2)c1. The van der Waals surface area contributed by atoms with Gasteiger partial charge < -0.3 is 9.47 Å². The third-order valence-corrected chi connectivity index (χ3v) is 6.87. The summed E-state index contributed by atoms with van der Waals surface area (Å²) < 4.78 is 11.5. The second kappa shape index (κ2) is 12.5. The largest absolute Gasteiger partial charge is 0.489 e. The molecule has 5 aromatic rings. The number of hydrogen-bond donors (Lipinski definition) is 0. The van der Waals surface area contributed by atoms with Gasteiger partial charge in [0.2, 0.25) is 0 Å². The average Bonchev–Trinajstić information content (AvgIpc) is 3.05. The van der Waals surface area contributed by atoms with E-state index in [0.29, 0.717) is 40.9 Å². The minimum Gasteiger partial charge on any atom is -0.489 e. The number of nitrogens with zero attached hydrogens (tertiary/aromatic N) is 4. The molecule has 1 heterocycles. The fourth-order valence-electron chi connectivity index (χ4n) is 4.74. The third kappa shape index (κ3) is 6.44. The predicted molar refractivity (Wildman–Crippen MR) is 170 cm³/mol. The number of aryl methyl sites for hydroxylation is 2. The molecule has 0 spiro atoms. The van der Waals surface area contributed by atoms with Gasteiger partial charge >= 0.3 is 12.0 Å². The maximum absolute atomic E-state index is 13.8. The number of carbonyl (C=O) groups excluding carboxylic acids is 2. The fourth-order valence-corrected chi connectivity index (χ4v) is 4.74. The summed E-state index contributed by atoms with van der Waals surface area (Å²) in [6, 6.07) is 38.2. The highest BCUT2D eigenvalue weighted by Crippen LogP contribution is 2.27. The first-order chi connectivity index (χ1) is 21.4. The molecule has 2 amide bonds. The number of carbonyl (C=O) groups is 2. The van der Waals surface area contributed by atoms with Crippen LogP contribution in [0.1, 0.15) is 32.6 Å². The Kier molecular flexibility index (Phi) is 8.05. The lowest BCUT2D eigenvalue weighted by atomic mass is 10.1. The van der Waals surface area contributed by atoms with Gasteiger partial charge in [-0.3, -0.25) is 0 Å². The Labute approximate surface area is 255 Å². The van der Waals surface area contributed by atoms with Crippen LogP contribution in [0.25, 0.3) is 0 Å². The zero-order valence-electron chi connectivity index (χ0n) is 24.3. The average molecular weight is 582 g/mol. The van der Waals surface area contributed by atoms with Gasteiger partial charge in [-0.05, 0) is 91.2 Å². The van der Waals surface area contributed by atoms with Crippen LogP contribution in [0.3, 0.4) is 0 Å². The molecule has 44 heavy (non-hydrogen) atoms. The lowest BCUT2D eigenvalue weighted by Gasteiger charge is -2.31. The number of benzene rings is 5. The highest BCUT2D eigenvalue weighted by atomic mass is 16.5. The van der Waals surface area contributed by atoms with Gasteiger partial charge in [0, 0.05) is 5.56 Å². The highest BCUT2D eigenvalue weighted by molar-refractivity contribution is 6.13. The van der Waals surface area contributed by atoms with Gasteiger partial charge in [-0.25, -0.2) is 9.59 Å². The van der Waals surface area contributed by atoms with Crippen LogP contribution in [-0.2, 0) is 6.61 Å². The van der Waals surface area contributed by atoms with E-state index >= 15 is 0 Å². The number of hydrazone groups is 1. The topological polar surface area (TPSA) is 85.5 Å². The van der Waals surface area contributed by atoms with Gasteiger partial charge in [0.1, 0.15) is 18.1 Å². The van der Waals surface area contributed by atoms with Crippen molar-refractivity contribution in [3.05, 3.63) is 155 Å². The van der Waals surface area contributed by atoms with E-state index < -0.39 is 12.0 Å². The van der Waals surface area contributed by atoms with Gasteiger partial charge in [-0.15, -0.1) is 10.5 Å². The first-order valence-corrected chi connectivity index (χ1v) is 14.1. The van der Waals surface area contributed by atoms with Crippen molar-refractivity contribution in [2.45, 2.75) is 20.5 Å². The fraction of sp³-hybridized carbons (Fsp3) is 0.0833. The summed E-state index contributed by atoms with van der Waals surface area (Å²) in [5, 5.41) is 7.16. The molecule has 0 bridgehead atoms. The molecule has 8 heteroatoms. The van der Waals surface area contributed by atoms with E-state index in [1.165, 1.54) is 10.0 Å². The van der Waals surface area contributed by atoms with Crippen LogP contribution >= 0.6 is 0 Å². The minimum atomic E-state index is -0.494. The van der Waals surface area contributed by atoms with Gasteiger partial charge in [0.05, 0.1) is 16.9 Å². The molecule has 5 aromatic carbocycles. The number of hydrogen-bond acceptors (Lipinski definition) is 5. The molecule has 8 nitrogen and oxygen atoms in total. The Morgan fingerprint density at radius 2 is 1.27 bits per heavy atom. The molecule has 0 saturated carbocycles. The van der Waals surface area contributed by atoms with E-state index in [-0.39, 0.29) is 0 Å². The molecule has 0 N–H and O–H groups in total. The van der Waals surface area contributed by atoms with E-state index in [0.717, 1.165) is 22.3 Å². The molecule has 0 saturated heterocycles. The van der Waals surface area contributed by atoms with Crippen LogP contribution in [0.4, 0.5) is 16.2 Å². The summed E-state index contributed by atoms with van der Waals surface area (Å²) in [6.45, 7) is 4.32. The number of urea groups is 1. The van der Waals surface area contributed by atoms with Crippen LogP contribution in [0, 0.1) is 13.8 Å². The van der Waals surface area contributed by atoms with E-state index in [2.05, 4.69) is 10.5 Å². The maximum atomic E-state index is 13.8. The van der Waals surface area contributed by atoms with E-state index in [9.17, 15) is 9.59 Å². The molecule has 217 valence electrons. The summed E-state index contributed by atoms with van der Waals surface area (Å²) in [5.74, 6) is 1.01. The van der Waals surface area contributed by atoms with Gasteiger partial charge in [-0.2, -0.15) is 10.0 Å². The second-order valence-electron chi connectivity index (χ2n) is 10.3. The minimum absolute atomic E-state index is 0.345. The number of anilines is 2. The van der Waals surface area contributed by atoms with E-state index in [4.69, 9.17) is 9.47 Å².